The fourth-order valence-corrected chi connectivity index (χ4v) is 2.92. The van der Waals surface area contributed by atoms with Crippen molar-refractivity contribution < 1.29 is 22.3 Å². The van der Waals surface area contributed by atoms with Gasteiger partial charge < -0.3 is 20.4 Å². The predicted molar refractivity (Wildman–Crippen MR) is 121 cm³/mol. The van der Waals surface area contributed by atoms with E-state index in [0.717, 1.165) is 16.5 Å². The van der Waals surface area contributed by atoms with Crippen LogP contribution in [0.5, 0.6) is 5.88 Å². The summed E-state index contributed by atoms with van der Waals surface area (Å²) in [5, 5.41) is 7.11. The topological polar surface area (TPSA) is 74.3 Å². The number of pyridine rings is 1. The number of benzene rings is 1. The van der Waals surface area contributed by atoms with E-state index in [0.29, 0.717) is 24.5 Å². The average Bonchev–Trinajstić information content (AvgIpc) is 3.11. The largest absolute Gasteiger partial charge is 0.468 e. The van der Waals surface area contributed by atoms with Crippen molar-refractivity contribution >= 4 is 40.8 Å². The quantitative estimate of drug-likeness (QED) is 0.179. The number of nitrogens with zero attached hydrogens (tertiary/aromatic N) is 2. The molecule has 2 heterocycles. The van der Waals surface area contributed by atoms with Gasteiger partial charge in [-0.25, -0.2) is 9.37 Å². The first-order valence-corrected chi connectivity index (χ1v) is 9.19. The van der Waals surface area contributed by atoms with Gasteiger partial charge in [0.05, 0.1) is 0 Å². The van der Waals surface area contributed by atoms with Crippen LogP contribution in [0.2, 0.25) is 0 Å². The van der Waals surface area contributed by atoms with E-state index in [1.165, 1.54) is 18.3 Å². The molecule has 0 aliphatic carbocycles. The van der Waals surface area contributed by atoms with Gasteiger partial charge in [-0.2, -0.15) is 13.2 Å². The van der Waals surface area contributed by atoms with E-state index in [1.807, 2.05) is 6.20 Å². The number of rotatable bonds is 7. The van der Waals surface area contributed by atoms with Crippen LogP contribution >= 0.6 is 24.0 Å². The Bertz CT molecular complexity index is 1020. The molecule has 0 unspecified atom stereocenters. The van der Waals surface area contributed by atoms with Crippen molar-refractivity contribution in [2.45, 2.75) is 19.1 Å². The Morgan fingerprint density at radius 2 is 2.00 bits per heavy atom. The first-order valence-electron chi connectivity index (χ1n) is 9.19. The number of hydrogen-bond acceptors (Lipinski definition) is 3. The third-order valence-electron chi connectivity index (χ3n) is 4.31. The number of nitrogens with one attached hydrogen (secondary N) is 3. The number of halogens is 5. The molecule has 1 aromatic carbocycles. The van der Waals surface area contributed by atoms with Gasteiger partial charge in [-0.3, -0.25) is 4.99 Å². The summed E-state index contributed by atoms with van der Waals surface area (Å²) in [6.45, 7) is -0.667. The van der Waals surface area contributed by atoms with Crippen LogP contribution in [0, 0.1) is 5.82 Å². The van der Waals surface area contributed by atoms with Gasteiger partial charge >= 0.3 is 6.18 Å². The van der Waals surface area contributed by atoms with Gasteiger partial charge in [-0.05, 0) is 36.2 Å². The van der Waals surface area contributed by atoms with Gasteiger partial charge in [0.2, 0.25) is 5.88 Å². The molecule has 0 bridgehead atoms. The molecule has 0 spiro atoms. The monoisotopic (exact) mass is 551 g/mol. The zero-order valence-electron chi connectivity index (χ0n) is 16.6. The summed E-state index contributed by atoms with van der Waals surface area (Å²) in [4.78, 5) is 11.0. The maximum absolute atomic E-state index is 13.3. The van der Waals surface area contributed by atoms with Gasteiger partial charge in [-0.15, -0.1) is 24.0 Å². The molecule has 31 heavy (non-hydrogen) atoms. The number of ether oxygens (including phenoxy) is 1. The number of aliphatic imine (C=N–C) groups is 1. The summed E-state index contributed by atoms with van der Waals surface area (Å²) in [5.74, 6) is 0.0999. The van der Waals surface area contributed by atoms with E-state index >= 15 is 0 Å². The summed E-state index contributed by atoms with van der Waals surface area (Å²) in [7, 11) is 1.59. The standard InChI is InChI=1S/C20H21F4N5O.HI/c1-25-19(27-8-6-13-10-28-17-9-15(21)4-5-16(13)17)29-11-14-3-2-7-26-18(14)30-12-20(22,23)24;/h2-5,7,9-10,28H,6,8,11-12H2,1H3,(H2,25,27,29);1H. The Morgan fingerprint density at radius 1 is 1.19 bits per heavy atom. The number of aromatic amines is 1. The SMILES string of the molecule is CN=C(NCCc1c[nH]c2cc(F)ccc12)NCc1cccnc1OCC(F)(F)F.I. The highest BCUT2D eigenvalue weighted by Gasteiger charge is 2.29. The molecule has 2 aromatic heterocycles. The van der Waals surface area contributed by atoms with E-state index in [2.05, 4.69) is 25.6 Å². The second-order valence-corrected chi connectivity index (χ2v) is 6.48. The van der Waals surface area contributed by atoms with Crippen LogP contribution in [0.15, 0.2) is 47.7 Å². The molecule has 3 rings (SSSR count). The van der Waals surface area contributed by atoms with E-state index in [1.54, 1.807) is 25.2 Å². The number of hydrogen-bond donors (Lipinski definition) is 3. The number of guanidine groups is 1. The Balaban J connectivity index is 0.00000341. The van der Waals surface area contributed by atoms with Crippen molar-refractivity contribution in [1.82, 2.24) is 20.6 Å². The van der Waals surface area contributed by atoms with Crippen LogP contribution in [0.25, 0.3) is 10.9 Å². The Morgan fingerprint density at radius 3 is 2.74 bits per heavy atom. The molecule has 0 saturated carbocycles. The van der Waals surface area contributed by atoms with Gasteiger partial charge in [0.25, 0.3) is 0 Å². The second-order valence-electron chi connectivity index (χ2n) is 6.48. The molecule has 6 nitrogen and oxygen atoms in total. The lowest BCUT2D eigenvalue weighted by molar-refractivity contribution is -0.154. The normalized spacial score (nSPS) is 11.8. The minimum Gasteiger partial charge on any atom is -0.468 e. The van der Waals surface area contributed by atoms with Crippen molar-refractivity contribution in [1.29, 1.82) is 0 Å². The molecule has 11 heteroatoms. The lowest BCUT2D eigenvalue weighted by Gasteiger charge is -2.14. The first kappa shape index (κ1) is 24.7. The number of aromatic nitrogens is 2. The molecule has 3 N–H and O–H groups in total. The van der Waals surface area contributed by atoms with Crippen LogP contribution in [0.3, 0.4) is 0 Å². The van der Waals surface area contributed by atoms with Crippen molar-refractivity contribution in [2.75, 3.05) is 20.2 Å². The van der Waals surface area contributed by atoms with Crippen LogP contribution in [0.1, 0.15) is 11.1 Å². The van der Waals surface area contributed by atoms with Crippen LogP contribution in [-0.2, 0) is 13.0 Å². The van der Waals surface area contributed by atoms with E-state index in [9.17, 15) is 17.6 Å². The molecule has 0 saturated heterocycles. The maximum atomic E-state index is 13.3. The highest BCUT2D eigenvalue weighted by molar-refractivity contribution is 14.0. The van der Waals surface area contributed by atoms with Crippen LogP contribution in [0.4, 0.5) is 17.6 Å². The molecule has 0 aliphatic heterocycles. The third kappa shape index (κ3) is 7.26. The third-order valence-corrected chi connectivity index (χ3v) is 4.31. The smallest absolute Gasteiger partial charge is 0.422 e. The summed E-state index contributed by atoms with van der Waals surface area (Å²) >= 11 is 0. The molecule has 0 fully saturated rings. The summed E-state index contributed by atoms with van der Waals surface area (Å²) in [6.07, 6.45) is -0.565. The second kappa shape index (κ2) is 11.2. The summed E-state index contributed by atoms with van der Waals surface area (Å²) in [5.41, 5.74) is 2.24. The molecule has 0 amide bonds. The van der Waals surface area contributed by atoms with Gasteiger partial charge in [0, 0.05) is 49.0 Å². The summed E-state index contributed by atoms with van der Waals surface area (Å²) < 4.78 is 55.3. The highest BCUT2D eigenvalue weighted by atomic mass is 127. The fourth-order valence-electron chi connectivity index (χ4n) is 2.92. The Hall–Kier alpha value is -2.57. The molecule has 3 aromatic rings. The Kier molecular flexibility index (Phi) is 8.89. The molecule has 0 atom stereocenters. The molecular formula is C20H22F4IN5O. The molecule has 168 valence electrons. The molecule has 0 aliphatic rings. The Labute approximate surface area is 193 Å². The van der Waals surface area contributed by atoms with Crippen molar-refractivity contribution in [3.63, 3.8) is 0 Å². The fraction of sp³-hybridized carbons (Fsp3) is 0.300. The van der Waals surface area contributed by atoms with E-state index < -0.39 is 12.8 Å². The van der Waals surface area contributed by atoms with E-state index in [4.69, 9.17) is 4.74 Å². The minimum atomic E-state index is -4.44. The van der Waals surface area contributed by atoms with E-state index in [-0.39, 0.29) is 42.2 Å². The number of alkyl halides is 3. The highest BCUT2D eigenvalue weighted by Crippen LogP contribution is 2.20. The first-order chi connectivity index (χ1) is 14.4. The maximum Gasteiger partial charge on any atom is 0.422 e. The minimum absolute atomic E-state index is 0. The van der Waals surface area contributed by atoms with Crippen molar-refractivity contribution in [2.24, 2.45) is 4.99 Å². The zero-order chi connectivity index (χ0) is 21.6. The molecular weight excluding hydrogens is 529 g/mol. The zero-order valence-corrected chi connectivity index (χ0v) is 18.9. The van der Waals surface area contributed by atoms with Crippen LogP contribution < -0.4 is 15.4 Å². The van der Waals surface area contributed by atoms with Crippen LogP contribution in [-0.4, -0.2) is 42.3 Å². The van der Waals surface area contributed by atoms with Crippen molar-refractivity contribution in [3.8, 4) is 5.88 Å². The molecule has 0 radical (unpaired) electrons. The number of H-pyrrole nitrogens is 1. The van der Waals surface area contributed by atoms with Gasteiger partial charge in [0.1, 0.15) is 5.82 Å². The predicted octanol–water partition coefficient (Wildman–Crippen LogP) is 4.17. The van der Waals surface area contributed by atoms with Gasteiger partial charge in [0.15, 0.2) is 12.6 Å². The van der Waals surface area contributed by atoms with Crippen molar-refractivity contribution in [3.05, 3.63) is 59.7 Å². The lowest BCUT2D eigenvalue weighted by Crippen LogP contribution is -2.38. The average molecular weight is 551 g/mol. The number of fused-ring (bicyclic) bond motifs is 1. The van der Waals surface area contributed by atoms with Gasteiger partial charge in [-0.1, -0.05) is 6.07 Å². The summed E-state index contributed by atoms with van der Waals surface area (Å²) in [6, 6.07) is 7.84. The lowest BCUT2D eigenvalue weighted by atomic mass is 10.1.